The summed E-state index contributed by atoms with van der Waals surface area (Å²) in [6.07, 6.45) is -4.52. The van der Waals surface area contributed by atoms with Crippen molar-refractivity contribution in [3.8, 4) is 0 Å². The average Bonchev–Trinajstić information content (AvgIpc) is 2.14. The first-order valence-electron chi connectivity index (χ1n) is 3.95. The second kappa shape index (κ2) is 4.20. The van der Waals surface area contributed by atoms with Crippen molar-refractivity contribution in [1.82, 2.24) is 0 Å². The quantitative estimate of drug-likeness (QED) is 0.803. The molecule has 1 aromatic rings. The Bertz CT molecular complexity index is 389. The van der Waals surface area contributed by atoms with E-state index in [1.165, 1.54) is 0 Å². The van der Waals surface area contributed by atoms with E-state index in [1.807, 2.05) is 0 Å². The van der Waals surface area contributed by atoms with Gasteiger partial charge < -0.3 is 5.73 Å². The van der Waals surface area contributed by atoms with Gasteiger partial charge in [0.2, 0.25) is 0 Å². The summed E-state index contributed by atoms with van der Waals surface area (Å²) < 4.78 is 36.9. The molecular weight excluding hydrogens is 231 g/mol. The molecule has 1 rings (SSSR count). The Balaban J connectivity index is 3.23. The van der Waals surface area contributed by atoms with Gasteiger partial charge in [0.25, 0.3) is 0 Å². The van der Waals surface area contributed by atoms with Crippen molar-refractivity contribution in [3.05, 3.63) is 34.3 Å². The molecule has 0 saturated heterocycles. The first-order chi connectivity index (χ1) is 6.84. The van der Waals surface area contributed by atoms with E-state index in [2.05, 4.69) is 0 Å². The van der Waals surface area contributed by atoms with Crippen LogP contribution in [0.15, 0.2) is 18.2 Å². The number of hydrogen-bond donors (Lipinski definition) is 1. The van der Waals surface area contributed by atoms with Gasteiger partial charge in [-0.3, -0.25) is 4.79 Å². The molecule has 0 atom stereocenters. The predicted octanol–water partition coefficient (Wildman–Crippen LogP) is 2.50. The molecule has 82 valence electrons. The SMILES string of the molecule is NCC(=O)c1cc(Cl)cc(C(F)(F)F)c1. The number of rotatable bonds is 2. The van der Waals surface area contributed by atoms with Crippen molar-refractivity contribution in [1.29, 1.82) is 0 Å². The van der Waals surface area contributed by atoms with Gasteiger partial charge in [0.1, 0.15) is 0 Å². The summed E-state index contributed by atoms with van der Waals surface area (Å²) in [6, 6.07) is 2.65. The van der Waals surface area contributed by atoms with E-state index in [9.17, 15) is 18.0 Å². The number of Topliss-reactive ketones (excluding diaryl/α,β-unsaturated/α-hetero) is 1. The summed E-state index contributed by atoms with van der Waals surface area (Å²) in [7, 11) is 0. The van der Waals surface area contributed by atoms with E-state index in [4.69, 9.17) is 17.3 Å². The zero-order chi connectivity index (χ0) is 11.6. The molecule has 0 radical (unpaired) electrons. The van der Waals surface area contributed by atoms with E-state index in [-0.39, 0.29) is 17.1 Å². The Kier molecular flexibility index (Phi) is 3.36. The summed E-state index contributed by atoms with van der Waals surface area (Å²) in [5.74, 6) is -0.581. The van der Waals surface area contributed by atoms with E-state index >= 15 is 0 Å². The van der Waals surface area contributed by atoms with E-state index in [0.717, 1.165) is 18.2 Å². The first kappa shape index (κ1) is 12.0. The summed E-state index contributed by atoms with van der Waals surface area (Å²) in [5, 5.41) is -0.137. The molecule has 6 heteroatoms. The zero-order valence-electron chi connectivity index (χ0n) is 7.44. The molecule has 15 heavy (non-hydrogen) atoms. The molecule has 0 amide bonds. The van der Waals surface area contributed by atoms with Gasteiger partial charge in [-0.1, -0.05) is 11.6 Å². The van der Waals surface area contributed by atoms with Gasteiger partial charge in [-0.15, -0.1) is 0 Å². The number of nitrogens with two attached hydrogens (primary N) is 1. The van der Waals surface area contributed by atoms with Crippen molar-refractivity contribution in [2.75, 3.05) is 6.54 Å². The van der Waals surface area contributed by atoms with Crippen LogP contribution in [0.4, 0.5) is 13.2 Å². The van der Waals surface area contributed by atoms with Crippen molar-refractivity contribution in [3.63, 3.8) is 0 Å². The van der Waals surface area contributed by atoms with Gasteiger partial charge in [0, 0.05) is 10.6 Å². The first-order valence-corrected chi connectivity index (χ1v) is 4.33. The Hall–Kier alpha value is -1.07. The smallest absolute Gasteiger partial charge is 0.324 e. The Labute approximate surface area is 88.8 Å². The van der Waals surface area contributed by atoms with Gasteiger partial charge in [-0.25, -0.2) is 0 Å². The zero-order valence-corrected chi connectivity index (χ0v) is 8.19. The van der Waals surface area contributed by atoms with Crippen molar-refractivity contribution in [2.24, 2.45) is 5.73 Å². The molecule has 0 aliphatic rings. The van der Waals surface area contributed by atoms with Gasteiger partial charge in [-0.05, 0) is 18.2 Å². The Morgan fingerprint density at radius 1 is 1.33 bits per heavy atom. The minimum Gasteiger partial charge on any atom is -0.324 e. The van der Waals surface area contributed by atoms with Crippen molar-refractivity contribution >= 4 is 17.4 Å². The van der Waals surface area contributed by atoms with Crippen LogP contribution in [0.2, 0.25) is 5.02 Å². The molecule has 0 heterocycles. The highest BCUT2D eigenvalue weighted by Gasteiger charge is 2.31. The largest absolute Gasteiger partial charge is 0.416 e. The van der Waals surface area contributed by atoms with Crippen LogP contribution >= 0.6 is 11.6 Å². The average molecular weight is 238 g/mol. The second-order valence-electron chi connectivity index (χ2n) is 2.85. The molecule has 0 aromatic heterocycles. The number of carbonyl (C=O) groups excluding carboxylic acids is 1. The highest BCUT2D eigenvalue weighted by atomic mass is 35.5. The van der Waals surface area contributed by atoms with Crippen molar-refractivity contribution in [2.45, 2.75) is 6.18 Å². The third-order valence-electron chi connectivity index (χ3n) is 1.73. The standard InChI is InChI=1S/C9H7ClF3NO/c10-7-2-5(8(15)4-14)1-6(3-7)9(11,12)13/h1-3H,4,14H2. The topological polar surface area (TPSA) is 43.1 Å². The molecule has 0 bridgehead atoms. The number of ketones is 1. The highest BCUT2D eigenvalue weighted by molar-refractivity contribution is 6.31. The number of halogens is 4. The second-order valence-corrected chi connectivity index (χ2v) is 3.29. The summed E-state index contributed by atoms with van der Waals surface area (Å²) in [5.41, 5.74) is 3.96. The van der Waals surface area contributed by atoms with Crippen LogP contribution < -0.4 is 5.73 Å². The number of hydrogen-bond acceptors (Lipinski definition) is 2. The lowest BCUT2D eigenvalue weighted by molar-refractivity contribution is -0.137. The van der Waals surface area contributed by atoms with Gasteiger partial charge in [-0.2, -0.15) is 13.2 Å². The molecule has 2 nitrogen and oxygen atoms in total. The van der Waals surface area contributed by atoms with Crippen LogP contribution in [0.5, 0.6) is 0 Å². The van der Waals surface area contributed by atoms with E-state index in [0.29, 0.717) is 0 Å². The maximum Gasteiger partial charge on any atom is 0.416 e. The molecule has 2 N–H and O–H groups in total. The molecule has 0 spiro atoms. The van der Waals surface area contributed by atoms with Crippen LogP contribution in [-0.4, -0.2) is 12.3 Å². The summed E-state index contributed by atoms with van der Waals surface area (Å²) >= 11 is 5.46. The van der Waals surface area contributed by atoms with Crippen LogP contribution in [0.25, 0.3) is 0 Å². The molecule has 0 aliphatic heterocycles. The molecule has 1 aromatic carbocycles. The number of carbonyl (C=O) groups is 1. The lowest BCUT2D eigenvalue weighted by Gasteiger charge is -2.08. The van der Waals surface area contributed by atoms with E-state index < -0.39 is 17.5 Å². The molecule has 0 aliphatic carbocycles. The van der Waals surface area contributed by atoms with Crippen LogP contribution in [0.1, 0.15) is 15.9 Å². The van der Waals surface area contributed by atoms with Gasteiger partial charge >= 0.3 is 6.18 Å². The van der Waals surface area contributed by atoms with Gasteiger partial charge in [0.05, 0.1) is 12.1 Å². The Morgan fingerprint density at radius 3 is 2.40 bits per heavy atom. The fraction of sp³-hybridized carbons (Fsp3) is 0.222. The maximum absolute atomic E-state index is 12.3. The summed E-state index contributed by atoms with van der Waals surface area (Å²) in [6.45, 7) is -0.350. The third-order valence-corrected chi connectivity index (χ3v) is 1.95. The monoisotopic (exact) mass is 237 g/mol. The predicted molar refractivity (Wildman–Crippen MR) is 49.8 cm³/mol. The number of alkyl halides is 3. The maximum atomic E-state index is 12.3. The third kappa shape index (κ3) is 2.94. The van der Waals surface area contributed by atoms with Crippen LogP contribution in [-0.2, 0) is 6.18 Å². The lowest BCUT2D eigenvalue weighted by atomic mass is 10.1. The van der Waals surface area contributed by atoms with Gasteiger partial charge in [0.15, 0.2) is 5.78 Å². The van der Waals surface area contributed by atoms with E-state index in [1.54, 1.807) is 0 Å². The minimum atomic E-state index is -4.52. The molecule has 0 fully saturated rings. The molecule has 0 saturated carbocycles. The van der Waals surface area contributed by atoms with Crippen LogP contribution in [0, 0.1) is 0 Å². The summed E-state index contributed by atoms with van der Waals surface area (Å²) in [4.78, 5) is 11.1. The fourth-order valence-electron chi connectivity index (χ4n) is 1.03. The molecular formula is C9H7ClF3NO. The van der Waals surface area contributed by atoms with Crippen LogP contribution in [0.3, 0.4) is 0 Å². The normalized spacial score (nSPS) is 11.5. The number of benzene rings is 1. The Morgan fingerprint density at radius 2 is 1.93 bits per heavy atom. The minimum absolute atomic E-state index is 0.127. The lowest BCUT2D eigenvalue weighted by Crippen LogP contribution is -2.15. The fourth-order valence-corrected chi connectivity index (χ4v) is 1.27. The van der Waals surface area contributed by atoms with Crippen molar-refractivity contribution < 1.29 is 18.0 Å². The highest BCUT2D eigenvalue weighted by Crippen LogP contribution is 2.31. The molecule has 0 unspecified atom stereocenters.